The van der Waals surface area contributed by atoms with Crippen LogP contribution in [0.1, 0.15) is 74.2 Å². The van der Waals surface area contributed by atoms with Crippen molar-refractivity contribution < 1.29 is 9.00 Å². The summed E-state index contributed by atoms with van der Waals surface area (Å²) in [5.74, 6) is 0.228. The van der Waals surface area contributed by atoms with Crippen LogP contribution in [0, 0.1) is 12.8 Å². The molecule has 200 valence electrons. The van der Waals surface area contributed by atoms with E-state index in [2.05, 4.69) is 28.4 Å². The molecule has 1 amide bonds. The highest BCUT2D eigenvalue weighted by atomic mass is 32.2. The molecule has 2 saturated carbocycles. The summed E-state index contributed by atoms with van der Waals surface area (Å²) in [6.45, 7) is 9.56. The van der Waals surface area contributed by atoms with Crippen LogP contribution in [-0.2, 0) is 11.0 Å². The minimum atomic E-state index is -1.18. The number of likely N-dealkylation sites (N-methyl/N-ethyl adjacent to an activating group) is 1. The Hall–Kier alpha value is -2.64. The maximum absolute atomic E-state index is 13.1. The first-order chi connectivity index (χ1) is 17.9. The van der Waals surface area contributed by atoms with E-state index in [4.69, 9.17) is 5.73 Å². The van der Waals surface area contributed by atoms with Gasteiger partial charge in [-0.25, -0.2) is 4.21 Å². The number of anilines is 2. The third-order valence-electron chi connectivity index (χ3n) is 8.03. The summed E-state index contributed by atoms with van der Waals surface area (Å²) < 4.78 is 16.2. The summed E-state index contributed by atoms with van der Waals surface area (Å²) >= 11 is 0. The lowest BCUT2D eigenvalue weighted by Gasteiger charge is -2.39. The van der Waals surface area contributed by atoms with Crippen molar-refractivity contribution in [3.63, 3.8) is 0 Å². The van der Waals surface area contributed by atoms with Crippen molar-refractivity contribution >= 4 is 28.3 Å². The molecule has 0 bridgehead atoms. The van der Waals surface area contributed by atoms with Gasteiger partial charge in [-0.15, -0.1) is 0 Å². The zero-order chi connectivity index (χ0) is 26.4. The van der Waals surface area contributed by atoms with E-state index in [1.165, 1.54) is 25.7 Å². The van der Waals surface area contributed by atoms with Crippen molar-refractivity contribution in [2.24, 2.45) is 11.7 Å². The molecule has 4 N–H and O–H groups in total. The van der Waals surface area contributed by atoms with Gasteiger partial charge in [-0.3, -0.25) is 4.79 Å². The molecule has 4 rings (SSSR count). The van der Waals surface area contributed by atoms with Crippen LogP contribution in [0.3, 0.4) is 0 Å². The van der Waals surface area contributed by atoms with Crippen LogP contribution in [0.25, 0.3) is 0 Å². The number of nitrogens with zero attached hydrogens (tertiary/aromatic N) is 1. The van der Waals surface area contributed by atoms with Crippen LogP contribution in [0.5, 0.6) is 0 Å². The third-order valence-corrected chi connectivity index (χ3v) is 9.54. The summed E-state index contributed by atoms with van der Waals surface area (Å²) in [6.07, 6.45) is 8.81. The van der Waals surface area contributed by atoms with E-state index in [0.29, 0.717) is 17.5 Å². The summed E-state index contributed by atoms with van der Waals surface area (Å²) in [5, 5.41) is 3.02. The molecule has 6 nitrogen and oxygen atoms in total. The lowest BCUT2D eigenvalue weighted by Crippen LogP contribution is -2.44. The summed E-state index contributed by atoms with van der Waals surface area (Å²) in [7, 11) is -1.18. The monoisotopic (exact) mass is 522 g/mol. The van der Waals surface area contributed by atoms with Gasteiger partial charge in [-0.1, -0.05) is 31.6 Å². The number of aryl methyl sites for hydroxylation is 1. The molecule has 2 aromatic rings. The fourth-order valence-corrected chi connectivity index (χ4v) is 7.09. The zero-order valence-electron chi connectivity index (χ0n) is 22.2. The van der Waals surface area contributed by atoms with E-state index >= 15 is 0 Å². The summed E-state index contributed by atoms with van der Waals surface area (Å²) in [5.41, 5.74) is 11.0. The van der Waals surface area contributed by atoms with Crippen LogP contribution >= 0.6 is 0 Å². The Labute approximate surface area is 224 Å². The first kappa shape index (κ1) is 27.4. The van der Waals surface area contributed by atoms with Crippen LogP contribution < -0.4 is 15.8 Å². The Morgan fingerprint density at radius 2 is 1.73 bits per heavy atom. The Balaban J connectivity index is 1.25. The molecule has 7 heteroatoms. The van der Waals surface area contributed by atoms with Gasteiger partial charge in [-0.05, 0) is 100 Å². The molecule has 2 aromatic carbocycles. The van der Waals surface area contributed by atoms with Crippen LogP contribution in [0.15, 0.2) is 60.8 Å². The molecule has 0 radical (unpaired) electrons. The standard InChI is InChI=1S/C30H42N4O2S/c1-4-34(27-10-5-6-11-27)22(3)29(31)23-14-18-28(19-15-23)37(36)33-25-16-12-24(13-17-25)30(35)32-26-9-7-8-21(2)20-26/h7-9,12-13,16-17,20,23,27-29,33H,3-6,10-11,14-15,18-19,31H2,1-2H3,(H,32,35). The number of carbonyl (C=O) groups is 1. The first-order valence-electron chi connectivity index (χ1n) is 13.7. The number of nitrogens with one attached hydrogen (secondary N) is 2. The van der Waals surface area contributed by atoms with Gasteiger partial charge in [0.15, 0.2) is 0 Å². The average Bonchev–Trinajstić information content (AvgIpc) is 3.43. The highest BCUT2D eigenvalue weighted by molar-refractivity contribution is 7.87. The Morgan fingerprint density at radius 3 is 2.35 bits per heavy atom. The lowest BCUT2D eigenvalue weighted by atomic mass is 9.82. The van der Waals surface area contributed by atoms with Gasteiger partial charge in [0.25, 0.3) is 5.91 Å². The minimum absolute atomic E-state index is 0.0265. The normalized spacial score (nSPS) is 21.7. The van der Waals surface area contributed by atoms with Gasteiger partial charge >= 0.3 is 0 Å². The molecule has 0 aromatic heterocycles. The van der Waals surface area contributed by atoms with Gasteiger partial charge in [0.2, 0.25) is 0 Å². The predicted octanol–water partition coefficient (Wildman–Crippen LogP) is 5.99. The predicted molar refractivity (Wildman–Crippen MR) is 155 cm³/mol. The molecule has 0 aliphatic heterocycles. The van der Waals surface area contributed by atoms with E-state index < -0.39 is 11.0 Å². The zero-order valence-corrected chi connectivity index (χ0v) is 23.1. The Morgan fingerprint density at radius 1 is 1.05 bits per heavy atom. The molecular formula is C30H42N4O2S. The van der Waals surface area contributed by atoms with Crippen molar-refractivity contribution in [1.29, 1.82) is 0 Å². The SMILES string of the molecule is C=C(C(N)C1CCC(S(=O)Nc2ccc(C(=O)Nc3cccc(C)c3)cc2)CC1)N(CC)C1CCCC1. The largest absolute Gasteiger partial charge is 0.371 e. The smallest absolute Gasteiger partial charge is 0.255 e. The van der Waals surface area contributed by atoms with E-state index in [9.17, 15) is 9.00 Å². The van der Waals surface area contributed by atoms with Crippen molar-refractivity contribution in [2.45, 2.75) is 82.5 Å². The van der Waals surface area contributed by atoms with E-state index in [1.54, 1.807) is 12.1 Å². The summed E-state index contributed by atoms with van der Waals surface area (Å²) in [4.78, 5) is 15.0. The Kier molecular flexibility index (Phi) is 9.43. The molecule has 2 atom stereocenters. The van der Waals surface area contributed by atoms with E-state index in [-0.39, 0.29) is 17.2 Å². The van der Waals surface area contributed by atoms with Crippen molar-refractivity contribution in [3.05, 3.63) is 71.9 Å². The molecule has 2 fully saturated rings. The molecule has 2 unspecified atom stereocenters. The summed E-state index contributed by atoms with van der Waals surface area (Å²) in [6, 6.07) is 15.4. The van der Waals surface area contributed by atoms with Gasteiger partial charge in [0.1, 0.15) is 11.0 Å². The average molecular weight is 523 g/mol. The quantitative estimate of drug-likeness (QED) is 0.358. The van der Waals surface area contributed by atoms with Gasteiger partial charge in [0, 0.05) is 41.3 Å². The molecule has 37 heavy (non-hydrogen) atoms. The van der Waals surface area contributed by atoms with Crippen LogP contribution in [0.4, 0.5) is 11.4 Å². The number of rotatable bonds is 10. The van der Waals surface area contributed by atoms with Gasteiger partial charge < -0.3 is 20.7 Å². The van der Waals surface area contributed by atoms with Crippen LogP contribution in [0.2, 0.25) is 0 Å². The Bertz CT molecular complexity index is 1090. The maximum atomic E-state index is 13.1. The fraction of sp³-hybridized carbons (Fsp3) is 0.500. The maximum Gasteiger partial charge on any atom is 0.255 e. The highest BCUT2D eigenvalue weighted by Gasteiger charge is 2.33. The molecule has 0 saturated heterocycles. The second kappa shape index (κ2) is 12.7. The molecule has 0 heterocycles. The highest BCUT2D eigenvalue weighted by Crippen LogP contribution is 2.34. The number of amides is 1. The van der Waals surface area contributed by atoms with Crippen molar-refractivity contribution in [2.75, 3.05) is 16.6 Å². The van der Waals surface area contributed by atoms with Gasteiger partial charge in [-0.2, -0.15) is 0 Å². The topological polar surface area (TPSA) is 87.5 Å². The molecular weight excluding hydrogens is 480 g/mol. The van der Waals surface area contributed by atoms with Crippen LogP contribution in [-0.4, -0.2) is 38.9 Å². The fourth-order valence-electron chi connectivity index (χ4n) is 5.85. The van der Waals surface area contributed by atoms with E-state index in [1.807, 2.05) is 43.3 Å². The first-order valence-corrected chi connectivity index (χ1v) is 14.9. The molecule has 2 aliphatic rings. The minimum Gasteiger partial charge on any atom is -0.371 e. The molecule has 2 aliphatic carbocycles. The number of carbonyl (C=O) groups excluding carboxylic acids is 1. The van der Waals surface area contributed by atoms with Crippen molar-refractivity contribution in [1.82, 2.24) is 4.90 Å². The number of hydrogen-bond acceptors (Lipinski definition) is 4. The third kappa shape index (κ3) is 7.02. The second-order valence-corrected chi connectivity index (χ2v) is 12.0. The number of hydrogen-bond donors (Lipinski definition) is 3. The molecule has 0 spiro atoms. The van der Waals surface area contributed by atoms with Gasteiger partial charge in [0.05, 0.1) is 5.25 Å². The lowest BCUT2D eigenvalue weighted by molar-refractivity contribution is 0.102. The van der Waals surface area contributed by atoms with E-state index in [0.717, 1.165) is 54.9 Å². The van der Waals surface area contributed by atoms with Crippen molar-refractivity contribution in [3.8, 4) is 0 Å². The number of benzene rings is 2. The second-order valence-electron chi connectivity index (χ2n) is 10.6. The number of nitrogens with two attached hydrogens (primary N) is 1.